The summed E-state index contributed by atoms with van der Waals surface area (Å²) < 4.78 is 64.0. The van der Waals surface area contributed by atoms with E-state index in [2.05, 4.69) is 0 Å². The Morgan fingerprint density at radius 3 is 2.52 bits per heavy atom. The fraction of sp³-hybridized carbons (Fsp3) is 0.350. The molecule has 2 aromatic rings. The average Bonchev–Trinajstić information content (AvgIpc) is 2.80. The number of carbonyl (C=O) groups excluding carboxylic acids is 1. The van der Waals surface area contributed by atoms with Crippen LogP contribution in [0.25, 0.3) is 0 Å². The molecule has 0 saturated carbocycles. The van der Waals surface area contributed by atoms with Crippen LogP contribution in [0.15, 0.2) is 48.5 Å². The highest BCUT2D eigenvalue weighted by atomic mass is 35.5. The van der Waals surface area contributed by atoms with Gasteiger partial charge in [-0.1, -0.05) is 48.0 Å². The highest BCUT2D eigenvalue weighted by Gasteiger charge is 2.34. The zero-order valence-corrected chi connectivity index (χ0v) is 16.9. The van der Waals surface area contributed by atoms with E-state index in [0.717, 1.165) is 12.1 Å². The van der Waals surface area contributed by atoms with E-state index >= 15 is 0 Å². The Kier molecular flexibility index (Phi) is 6.24. The smallest absolute Gasteiger partial charge is 0.341 e. The van der Waals surface area contributed by atoms with Gasteiger partial charge >= 0.3 is 6.18 Å². The summed E-state index contributed by atoms with van der Waals surface area (Å²) in [6, 6.07) is 11.3. The molecule has 0 aliphatic carbocycles. The van der Waals surface area contributed by atoms with Crippen molar-refractivity contribution in [3.63, 3.8) is 0 Å². The molecule has 1 unspecified atom stereocenters. The fourth-order valence-electron chi connectivity index (χ4n) is 3.42. The van der Waals surface area contributed by atoms with Crippen molar-refractivity contribution < 1.29 is 26.4 Å². The zero-order valence-electron chi connectivity index (χ0n) is 15.3. The first-order valence-corrected chi connectivity index (χ1v) is 11.1. The van der Waals surface area contributed by atoms with Crippen LogP contribution in [0.1, 0.15) is 28.4 Å². The van der Waals surface area contributed by atoms with E-state index in [1.165, 1.54) is 17.0 Å². The SMILES string of the molecule is O=C(Cc1cccc(C(F)(F)F)c1)N1CCC(c2ccccc2Cl)S(=O)(=O)CC1. The first-order valence-electron chi connectivity index (χ1n) is 8.98. The van der Waals surface area contributed by atoms with E-state index in [1.807, 2.05) is 0 Å². The van der Waals surface area contributed by atoms with Crippen LogP contribution < -0.4 is 0 Å². The predicted molar refractivity (Wildman–Crippen MR) is 104 cm³/mol. The van der Waals surface area contributed by atoms with Crippen molar-refractivity contribution in [3.05, 3.63) is 70.2 Å². The molecule has 1 aliphatic rings. The number of rotatable bonds is 3. The van der Waals surface area contributed by atoms with Crippen LogP contribution in [0.5, 0.6) is 0 Å². The Morgan fingerprint density at radius 2 is 1.83 bits per heavy atom. The minimum Gasteiger partial charge on any atom is -0.341 e. The van der Waals surface area contributed by atoms with Gasteiger partial charge in [-0.2, -0.15) is 13.2 Å². The number of alkyl halides is 3. The molecule has 0 radical (unpaired) electrons. The molecule has 1 amide bonds. The van der Waals surface area contributed by atoms with Gasteiger partial charge in [-0.25, -0.2) is 8.42 Å². The molecule has 0 aromatic heterocycles. The molecule has 1 heterocycles. The van der Waals surface area contributed by atoms with Crippen LogP contribution in [0, 0.1) is 0 Å². The summed E-state index contributed by atoms with van der Waals surface area (Å²) >= 11 is 6.16. The normalized spacial score (nSPS) is 19.6. The number of benzene rings is 2. The first-order chi connectivity index (χ1) is 13.6. The van der Waals surface area contributed by atoms with Gasteiger partial charge in [-0.3, -0.25) is 4.79 Å². The Balaban J connectivity index is 1.75. The van der Waals surface area contributed by atoms with Gasteiger partial charge in [0.2, 0.25) is 5.91 Å². The van der Waals surface area contributed by atoms with Crippen molar-refractivity contribution in [2.75, 3.05) is 18.8 Å². The van der Waals surface area contributed by atoms with Crippen LogP contribution >= 0.6 is 11.6 Å². The predicted octanol–water partition coefficient (Wildman–Crippen LogP) is 4.29. The molecule has 4 nitrogen and oxygen atoms in total. The summed E-state index contributed by atoms with van der Waals surface area (Å²) in [4.78, 5) is 14.0. The number of nitrogens with zero attached hydrogens (tertiary/aromatic N) is 1. The van der Waals surface area contributed by atoms with Crippen molar-refractivity contribution in [2.45, 2.75) is 24.3 Å². The van der Waals surface area contributed by atoms with E-state index in [9.17, 15) is 26.4 Å². The second-order valence-electron chi connectivity index (χ2n) is 6.92. The highest BCUT2D eigenvalue weighted by Crippen LogP contribution is 2.34. The van der Waals surface area contributed by atoms with Crippen molar-refractivity contribution in [1.82, 2.24) is 4.90 Å². The van der Waals surface area contributed by atoms with Crippen LogP contribution in [-0.2, 0) is 27.2 Å². The summed E-state index contributed by atoms with van der Waals surface area (Å²) in [5.41, 5.74) is -0.0824. The van der Waals surface area contributed by atoms with Gasteiger partial charge in [0.05, 0.1) is 23.0 Å². The molecule has 1 saturated heterocycles. The number of carbonyl (C=O) groups is 1. The molecule has 0 N–H and O–H groups in total. The number of sulfone groups is 1. The van der Waals surface area contributed by atoms with Gasteiger partial charge < -0.3 is 4.90 Å². The molecule has 3 rings (SSSR count). The molecule has 2 aromatic carbocycles. The Hall–Kier alpha value is -2.06. The Labute approximate surface area is 172 Å². The molecule has 156 valence electrons. The maximum Gasteiger partial charge on any atom is 0.416 e. The van der Waals surface area contributed by atoms with Gasteiger partial charge in [0.25, 0.3) is 0 Å². The summed E-state index contributed by atoms with van der Waals surface area (Å²) in [6.07, 6.45) is -4.53. The zero-order chi connectivity index (χ0) is 21.2. The van der Waals surface area contributed by atoms with Gasteiger partial charge in [0.15, 0.2) is 9.84 Å². The summed E-state index contributed by atoms with van der Waals surface area (Å²) in [7, 11) is -3.53. The van der Waals surface area contributed by atoms with Gasteiger partial charge in [-0.05, 0) is 29.7 Å². The molecule has 9 heteroatoms. The van der Waals surface area contributed by atoms with E-state index in [1.54, 1.807) is 24.3 Å². The molecule has 1 atom stereocenters. The standard InChI is InChI=1S/C20H19ClF3NO3S/c21-17-7-2-1-6-16(17)18-8-9-25(10-11-29(18,27)28)19(26)13-14-4-3-5-15(12-14)20(22,23)24/h1-7,12,18H,8-11,13H2. The number of halogens is 4. The number of hydrogen-bond acceptors (Lipinski definition) is 3. The second-order valence-corrected chi connectivity index (χ2v) is 9.63. The average molecular weight is 446 g/mol. The van der Waals surface area contributed by atoms with Gasteiger partial charge in [0, 0.05) is 18.1 Å². The Bertz CT molecular complexity index is 1010. The van der Waals surface area contributed by atoms with E-state index in [-0.39, 0.29) is 37.2 Å². The summed E-state index contributed by atoms with van der Waals surface area (Å²) in [5.74, 6) is -0.628. The van der Waals surface area contributed by atoms with Crippen molar-refractivity contribution in [3.8, 4) is 0 Å². The lowest BCUT2D eigenvalue weighted by Crippen LogP contribution is -2.34. The molecule has 0 spiro atoms. The molecule has 29 heavy (non-hydrogen) atoms. The van der Waals surface area contributed by atoms with Gasteiger partial charge in [0.1, 0.15) is 0 Å². The number of amides is 1. The third kappa shape index (κ3) is 5.11. The molecular formula is C20H19ClF3NO3S. The lowest BCUT2D eigenvalue weighted by Gasteiger charge is -2.20. The highest BCUT2D eigenvalue weighted by molar-refractivity contribution is 7.91. The quantitative estimate of drug-likeness (QED) is 0.708. The minimum absolute atomic E-state index is 0.00107. The second kappa shape index (κ2) is 8.36. The van der Waals surface area contributed by atoms with Crippen molar-refractivity contribution in [1.29, 1.82) is 0 Å². The lowest BCUT2D eigenvalue weighted by molar-refractivity contribution is -0.138. The molecule has 1 fully saturated rings. The summed E-state index contributed by atoms with van der Waals surface area (Å²) in [6.45, 7) is 0.188. The first kappa shape index (κ1) is 21.6. The van der Waals surface area contributed by atoms with E-state index < -0.39 is 32.7 Å². The summed E-state index contributed by atoms with van der Waals surface area (Å²) in [5, 5.41) is -0.465. The van der Waals surface area contributed by atoms with Crippen molar-refractivity contribution in [2.24, 2.45) is 0 Å². The largest absolute Gasteiger partial charge is 0.416 e. The van der Waals surface area contributed by atoms with E-state index in [4.69, 9.17) is 11.6 Å². The third-order valence-corrected chi connectivity index (χ3v) is 7.41. The maximum absolute atomic E-state index is 12.9. The van der Waals surface area contributed by atoms with Gasteiger partial charge in [-0.15, -0.1) is 0 Å². The third-order valence-electron chi connectivity index (χ3n) is 4.95. The number of hydrogen-bond donors (Lipinski definition) is 0. The van der Waals surface area contributed by atoms with Crippen LogP contribution in [0.3, 0.4) is 0 Å². The van der Waals surface area contributed by atoms with Crippen LogP contribution in [0.4, 0.5) is 13.2 Å². The van der Waals surface area contributed by atoms with Crippen LogP contribution in [0.2, 0.25) is 5.02 Å². The molecular weight excluding hydrogens is 427 g/mol. The van der Waals surface area contributed by atoms with E-state index in [0.29, 0.717) is 10.6 Å². The Morgan fingerprint density at radius 1 is 1.10 bits per heavy atom. The minimum atomic E-state index is -4.49. The van der Waals surface area contributed by atoms with Crippen LogP contribution in [-0.4, -0.2) is 38.1 Å². The molecule has 0 bridgehead atoms. The maximum atomic E-state index is 12.9. The lowest BCUT2D eigenvalue weighted by atomic mass is 10.1. The monoisotopic (exact) mass is 445 g/mol. The molecule has 1 aliphatic heterocycles. The topological polar surface area (TPSA) is 54.5 Å². The fourth-order valence-corrected chi connectivity index (χ4v) is 5.57. The van der Waals surface area contributed by atoms with Crippen molar-refractivity contribution >= 4 is 27.3 Å².